The molecule has 6 heteroatoms. The lowest BCUT2D eigenvalue weighted by molar-refractivity contribution is -0.120. The summed E-state index contributed by atoms with van der Waals surface area (Å²) in [5, 5.41) is 6.28. The van der Waals surface area contributed by atoms with Crippen LogP contribution in [0.1, 0.15) is 38.7 Å². The van der Waals surface area contributed by atoms with Crippen molar-refractivity contribution in [3.63, 3.8) is 0 Å². The van der Waals surface area contributed by atoms with Crippen LogP contribution in [0.25, 0.3) is 0 Å². The topological polar surface area (TPSA) is 44.4 Å². The molecule has 0 saturated heterocycles. The van der Waals surface area contributed by atoms with Crippen molar-refractivity contribution in [2.45, 2.75) is 45.6 Å². The molecule has 0 aliphatic carbocycles. The molecule has 1 aromatic rings. The number of carbonyl (C=O) groups excluding carboxylic acids is 1. The Morgan fingerprint density at radius 3 is 2.71 bits per heavy atom. The van der Waals surface area contributed by atoms with Crippen LogP contribution >= 0.6 is 24.8 Å². The van der Waals surface area contributed by atoms with E-state index in [9.17, 15) is 4.79 Å². The number of benzene rings is 1. The van der Waals surface area contributed by atoms with Gasteiger partial charge in [0.05, 0.1) is 0 Å². The maximum atomic E-state index is 12.0. The van der Waals surface area contributed by atoms with Gasteiger partial charge in [0.1, 0.15) is 0 Å². The fourth-order valence-electron chi connectivity index (χ4n) is 3.00. The number of halogens is 2. The third kappa shape index (κ3) is 6.88. The molecule has 0 radical (unpaired) electrons. The van der Waals surface area contributed by atoms with Crippen LogP contribution in [0.15, 0.2) is 24.3 Å². The summed E-state index contributed by atoms with van der Waals surface area (Å²) in [6.45, 7) is 7.77. The van der Waals surface area contributed by atoms with Gasteiger partial charge in [0.15, 0.2) is 0 Å². The predicted molar refractivity (Wildman–Crippen MR) is 107 cm³/mol. The Balaban J connectivity index is 0.00000264. The minimum Gasteiger partial charge on any atom is -0.368 e. The second-order valence-corrected chi connectivity index (χ2v) is 6.06. The van der Waals surface area contributed by atoms with Gasteiger partial charge in [-0.15, -0.1) is 24.8 Å². The van der Waals surface area contributed by atoms with Crippen LogP contribution in [0.5, 0.6) is 0 Å². The summed E-state index contributed by atoms with van der Waals surface area (Å²) >= 11 is 0. The molecule has 2 N–H and O–H groups in total. The second-order valence-electron chi connectivity index (χ2n) is 6.06. The minimum atomic E-state index is 0. The van der Waals surface area contributed by atoms with Crippen LogP contribution in [-0.4, -0.2) is 38.1 Å². The van der Waals surface area contributed by atoms with Crippen LogP contribution in [0.2, 0.25) is 0 Å². The quantitative estimate of drug-likeness (QED) is 0.685. The Bertz CT molecular complexity index is 485. The fourth-order valence-corrected chi connectivity index (χ4v) is 3.00. The van der Waals surface area contributed by atoms with Crippen LogP contribution in [0.3, 0.4) is 0 Å². The third-order valence-electron chi connectivity index (χ3n) is 4.30. The normalized spacial score (nSPS) is 15.8. The van der Waals surface area contributed by atoms with E-state index in [2.05, 4.69) is 53.6 Å². The van der Waals surface area contributed by atoms with Gasteiger partial charge in [-0.1, -0.05) is 25.1 Å². The minimum absolute atomic E-state index is 0. The van der Waals surface area contributed by atoms with E-state index >= 15 is 0 Å². The van der Waals surface area contributed by atoms with Crippen molar-refractivity contribution in [1.82, 2.24) is 10.6 Å². The third-order valence-corrected chi connectivity index (χ3v) is 4.30. The van der Waals surface area contributed by atoms with Crippen molar-refractivity contribution in [1.29, 1.82) is 0 Å². The lowest BCUT2D eigenvalue weighted by Gasteiger charge is -2.37. The maximum absolute atomic E-state index is 12.0. The molecule has 1 atom stereocenters. The zero-order chi connectivity index (χ0) is 15.8. The zero-order valence-electron chi connectivity index (χ0n) is 14.7. The molecule has 2 rings (SSSR count). The molecular formula is C18H31Cl2N3O. The number of nitrogens with zero attached hydrogens (tertiary/aromatic N) is 1. The van der Waals surface area contributed by atoms with Gasteiger partial charge in [0.2, 0.25) is 5.91 Å². The van der Waals surface area contributed by atoms with Gasteiger partial charge in [0.25, 0.3) is 0 Å². The number of nitrogens with one attached hydrogen (secondary N) is 2. The lowest BCUT2D eigenvalue weighted by atomic mass is 9.96. The van der Waals surface area contributed by atoms with Gasteiger partial charge >= 0.3 is 0 Å². The highest BCUT2D eigenvalue weighted by Gasteiger charge is 2.22. The molecule has 138 valence electrons. The first-order chi connectivity index (χ1) is 10.7. The number of hydrogen-bond donors (Lipinski definition) is 2. The highest BCUT2D eigenvalue weighted by Crippen LogP contribution is 2.30. The number of amides is 1. The summed E-state index contributed by atoms with van der Waals surface area (Å²) in [4.78, 5) is 14.4. The number of aryl methyl sites for hydroxylation is 1. The second kappa shape index (κ2) is 12.4. The molecule has 1 aromatic carbocycles. The number of carbonyl (C=O) groups is 1. The number of hydrogen-bond acceptors (Lipinski definition) is 3. The molecule has 4 nitrogen and oxygen atoms in total. The molecule has 1 aliphatic rings. The molecule has 1 unspecified atom stereocenters. The molecule has 0 aromatic heterocycles. The number of rotatable bonds is 8. The van der Waals surface area contributed by atoms with Gasteiger partial charge in [0, 0.05) is 37.8 Å². The Labute approximate surface area is 158 Å². The lowest BCUT2D eigenvalue weighted by Crippen LogP contribution is -2.40. The van der Waals surface area contributed by atoms with E-state index in [4.69, 9.17) is 0 Å². The van der Waals surface area contributed by atoms with E-state index in [1.54, 1.807) is 0 Å². The maximum Gasteiger partial charge on any atom is 0.221 e. The molecule has 0 saturated carbocycles. The summed E-state index contributed by atoms with van der Waals surface area (Å²) in [5.41, 5.74) is 2.71. The molecule has 0 fully saturated rings. The first kappa shape index (κ1) is 23.0. The van der Waals surface area contributed by atoms with Crippen molar-refractivity contribution in [3.8, 4) is 0 Å². The molecule has 1 aliphatic heterocycles. The Morgan fingerprint density at radius 2 is 1.96 bits per heavy atom. The highest BCUT2D eigenvalue weighted by atomic mass is 35.5. The molecule has 1 amide bonds. The summed E-state index contributed by atoms with van der Waals surface area (Å²) in [6.07, 6.45) is 4.00. The van der Waals surface area contributed by atoms with Gasteiger partial charge in [-0.05, 0) is 44.4 Å². The first-order valence-corrected chi connectivity index (χ1v) is 8.54. The van der Waals surface area contributed by atoms with Gasteiger partial charge in [-0.3, -0.25) is 4.79 Å². The monoisotopic (exact) mass is 375 g/mol. The summed E-state index contributed by atoms with van der Waals surface area (Å²) in [5.74, 6) is 0.147. The van der Waals surface area contributed by atoms with E-state index in [0.29, 0.717) is 19.0 Å². The Hall–Kier alpha value is -0.970. The van der Waals surface area contributed by atoms with Crippen molar-refractivity contribution >= 4 is 36.4 Å². The van der Waals surface area contributed by atoms with Crippen molar-refractivity contribution < 1.29 is 4.79 Å². The van der Waals surface area contributed by atoms with Crippen LogP contribution in [-0.2, 0) is 11.2 Å². The molecule has 1 heterocycles. The van der Waals surface area contributed by atoms with Crippen LogP contribution in [0.4, 0.5) is 5.69 Å². The zero-order valence-corrected chi connectivity index (χ0v) is 16.3. The summed E-state index contributed by atoms with van der Waals surface area (Å²) < 4.78 is 0. The van der Waals surface area contributed by atoms with E-state index in [-0.39, 0.29) is 30.7 Å². The predicted octanol–water partition coefficient (Wildman–Crippen LogP) is 3.18. The Morgan fingerprint density at radius 1 is 1.21 bits per heavy atom. The summed E-state index contributed by atoms with van der Waals surface area (Å²) in [7, 11) is 0. The fraction of sp³-hybridized carbons (Fsp3) is 0.611. The van der Waals surface area contributed by atoms with Gasteiger partial charge in [-0.2, -0.15) is 0 Å². The molecule has 24 heavy (non-hydrogen) atoms. The van der Waals surface area contributed by atoms with Crippen molar-refractivity contribution in [3.05, 3.63) is 29.8 Å². The van der Waals surface area contributed by atoms with Crippen molar-refractivity contribution in [2.24, 2.45) is 0 Å². The smallest absolute Gasteiger partial charge is 0.221 e. The SMILES string of the molecule is CCCNCCNC(=O)CCN1c2ccccc2CCC1C.Cl.Cl. The molecular weight excluding hydrogens is 345 g/mol. The first-order valence-electron chi connectivity index (χ1n) is 8.54. The number of para-hydroxylation sites is 1. The highest BCUT2D eigenvalue weighted by molar-refractivity contribution is 5.85. The largest absolute Gasteiger partial charge is 0.368 e. The Kier molecular flexibility index (Phi) is 11.9. The molecule has 0 bridgehead atoms. The van der Waals surface area contributed by atoms with E-state index in [1.807, 2.05) is 0 Å². The van der Waals surface area contributed by atoms with E-state index in [0.717, 1.165) is 32.5 Å². The number of fused-ring (bicyclic) bond motifs is 1. The van der Waals surface area contributed by atoms with Gasteiger partial charge in [-0.25, -0.2) is 0 Å². The summed E-state index contributed by atoms with van der Waals surface area (Å²) in [6, 6.07) is 9.08. The average Bonchev–Trinajstić information content (AvgIpc) is 2.53. The van der Waals surface area contributed by atoms with E-state index < -0.39 is 0 Å². The molecule has 0 spiro atoms. The van der Waals surface area contributed by atoms with Crippen LogP contribution < -0.4 is 15.5 Å². The van der Waals surface area contributed by atoms with E-state index in [1.165, 1.54) is 17.7 Å². The average molecular weight is 376 g/mol. The van der Waals surface area contributed by atoms with Crippen LogP contribution in [0, 0.1) is 0 Å². The van der Waals surface area contributed by atoms with Crippen molar-refractivity contribution in [2.75, 3.05) is 31.1 Å². The standard InChI is InChI=1S/C18H29N3O.2ClH/c1-3-11-19-12-13-20-18(22)10-14-21-15(2)8-9-16-6-4-5-7-17(16)21;;/h4-7,15,19H,3,8-14H2,1-2H3,(H,20,22);2*1H. The number of anilines is 1. The van der Waals surface area contributed by atoms with Gasteiger partial charge < -0.3 is 15.5 Å².